The fraction of sp³-hybridized carbons (Fsp3) is 0.400. The van der Waals surface area contributed by atoms with Crippen LogP contribution in [0, 0.1) is 11.6 Å². The minimum Gasteiger partial charge on any atom is -0.367 e. The van der Waals surface area contributed by atoms with Gasteiger partial charge in [-0.15, -0.1) is 0 Å². The van der Waals surface area contributed by atoms with Gasteiger partial charge in [0.25, 0.3) is 0 Å². The van der Waals surface area contributed by atoms with Gasteiger partial charge in [0.2, 0.25) is 0 Å². The molecule has 0 radical (unpaired) electrons. The molecule has 1 unspecified atom stereocenters. The van der Waals surface area contributed by atoms with Gasteiger partial charge in [-0.1, -0.05) is 24.3 Å². The maximum Gasteiger partial charge on any atom is 0.151 e. The number of rotatable bonds is 2. The van der Waals surface area contributed by atoms with Crippen LogP contribution in [0.15, 0.2) is 36.4 Å². The topological polar surface area (TPSA) is 27.3 Å². The van der Waals surface area contributed by atoms with E-state index in [2.05, 4.69) is 15.5 Å². The van der Waals surface area contributed by atoms with Crippen molar-refractivity contribution in [3.8, 4) is 0 Å². The molecule has 0 spiro atoms. The van der Waals surface area contributed by atoms with Crippen LogP contribution >= 0.6 is 0 Å². The normalized spacial score (nSPS) is 20.9. The number of anilines is 1. The van der Waals surface area contributed by atoms with E-state index in [0.717, 1.165) is 44.7 Å². The Morgan fingerprint density at radius 1 is 0.880 bits per heavy atom. The second kappa shape index (κ2) is 7.10. The lowest BCUT2D eigenvalue weighted by Gasteiger charge is -2.31. The van der Waals surface area contributed by atoms with Crippen molar-refractivity contribution < 1.29 is 8.78 Å². The van der Waals surface area contributed by atoms with E-state index in [-0.39, 0.29) is 17.6 Å². The number of fused-ring (bicyclic) bond motifs is 1. The number of nitrogens with one attached hydrogen (secondary N) is 2. The molecule has 0 aliphatic carbocycles. The second-order valence-corrected chi connectivity index (χ2v) is 6.74. The zero-order chi connectivity index (χ0) is 17.2. The molecule has 1 fully saturated rings. The van der Waals surface area contributed by atoms with Crippen LogP contribution in [0.3, 0.4) is 0 Å². The van der Waals surface area contributed by atoms with Crippen LogP contribution < -0.4 is 15.5 Å². The molecule has 2 N–H and O–H groups in total. The number of halogens is 2. The summed E-state index contributed by atoms with van der Waals surface area (Å²) in [7, 11) is 0. The van der Waals surface area contributed by atoms with Crippen molar-refractivity contribution in [2.24, 2.45) is 0 Å². The Hall–Kier alpha value is -1.98. The van der Waals surface area contributed by atoms with Gasteiger partial charge < -0.3 is 15.5 Å². The smallest absolute Gasteiger partial charge is 0.151 e. The van der Waals surface area contributed by atoms with Crippen LogP contribution in [0.5, 0.6) is 0 Å². The summed E-state index contributed by atoms with van der Waals surface area (Å²) in [6.07, 6.45) is 0.764. The Labute approximate surface area is 147 Å². The van der Waals surface area contributed by atoms with Gasteiger partial charge in [0.05, 0.1) is 5.69 Å². The Balaban J connectivity index is 1.76. The highest BCUT2D eigenvalue weighted by atomic mass is 19.1. The highest BCUT2D eigenvalue weighted by molar-refractivity contribution is 5.55. The number of benzene rings is 2. The quantitative estimate of drug-likeness (QED) is 0.878. The van der Waals surface area contributed by atoms with Gasteiger partial charge in [0.15, 0.2) is 5.82 Å². The third-order valence-electron chi connectivity index (χ3n) is 5.28. The first kappa shape index (κ1) is 16.5. The molecule has 5 heteroatoms. The Morgan fingerprint density at radius 3 is 2.48 bits per heavy atom. The summed E-state index contributed by atoms with van der Waals surface area (Å²) < 4.78 is 29.7. The summed E-state index contributed by atoms with van der Waals surface area (Å²) >= 11 is 0. The van der Waals surface area contributed by atoms with Crippen LogP contribution in [0.1, 0.15) is 29.0 Å². The molecule has 1 saturated heterocycles. The fourth-order valence-electron chi connectivity index (χ4n) is 3.98. The van der Waals surface area contributed by atoms with E-state index in [0.29, 0.717) is 23.4 Å². The maximum absolute atomic E-state index is 15.3. The van der Waals surface area contributed by atoms with E-state index in [1.807, 2.05) is 24.3 Å². The fourth-order valence-corrected chi connectivity index (χ4v) is 3.98. The molecule has 2 heterocycles. The summed E-state index contributed by atoms with van der Waals surface area (Å²) in [5.41, 5.74) is 2.91. The van der Waals surface area contributed by atoms with Gasteiger partial charge in [0, 0.05) is 44.2 Å². The van der Waals surface area contributed by atoms with Crippen molar-refractivity contribution in [2.45, 2.75) is 18.9 Å². The first-order valence-corrected chi connectivity index (χ1v) is 8.98. The standard InChI is InChI=1S/C20H23F2N3/c21-18-4-2-1-3-16(18)15-7-8-24-13-17-14(15)5-6-19(20(17)22)25-11-9-23-10-12-25/h1-6,15,23-24H,7-13H2. The van der Waals surface area contributed by atoms with Crippen molar-refractivity contribution >= 4 is 5.69 Å². The highest BCUT2D eigenvalue weighted by Gasteiger charge is 2.27. The average Bonchev–Trinajstić information content (AvgIpc) is 2.86. The van der Waals surface area contributed by atoms with Gasteiger partial charge >= 0.3 is 0 Å². The van der Waals surface area contributed by atoms with E-state index in [1.54, 1.807) is 6.07 Å². The van der Waals surface area contributed by atoms with Crippen LogP contribution in [-0.4, -0.2) is 32.7 Å². The molecule has 0 aromatic heterocycles. The van der Waals surface area contributed by atoms with Gasteiger partial charge in [-0.05, 0) is 36.2 Å². The van der Waals surface area contributed by atoms with Crippen molar-refractivity contribution in [1.82, 2.24) is 10.6 Å². The van der Waals surface area contributed by atoms with Crippen molar-refractivity contribution in [3.63, 3.8) is 0 Å². The average molecular weight is 343 g/mol. The van der Waals surface area contributed by atoms with Gasteiger partial charge in [-0.3, -0.25) is 0 Å². The van der Waals surface area contributed by atoms with Crippen LogP contribution in [0.4, 0.5) is 14.5 Å². The molecule has 2 aromatic rings. The number of piperazine rings is 1. The Morgan fingerprint density at radius 2 is 1.68 bits per heavy atom. The molecule has 4 rings (SSSR count). The minimum atomic E-state index is -0.216. The molecule has 0 amide bonds. The molecule has 2 aliphatic heterocycles. The number of hydrogen-bond donors (Lipinski definition) is 2. The monoisotopic (exact) mass is 343 g/mol. The predicted molar refractivity (Wildman–Crippen MR) is 96.0 cm³/mol. The number of hydrogen-bond acceptors (Lipinski definition) is 3. The SMILES string of the molecule is Fc1ccccc1C1CCNCc2c1ccc(N1CCNCC1)c2F. The summed E-state index contributed by atoms with van der Waals surface area (Å²) in [4.78, 5) is 2.09. The van der Waals surface area contributed by atoms with Gasteiger partial charge in [-0.2, -0.15) is 0 Å². The third kappa shape index (κ3) is 3.14. The lowest BCUT2D eigenvalue weighted by molar-refractivity contribution is 0.556. The lowest BCUT2D eigenvalue weighted by atomic mass is 9.86. The lowest BCUT2D eigenvalue weighted by Crippen LogP contribution is -2.44. The second-order valence-electron chi connectivity index (χ2n) is 6.74. The van der Waals surface area contributed by atoms with Crippen molar-refractivity contribution in [3.05, 3.63) is 64.7 Å². The molecule has 2 aliphatic rings. The van der Waals surface area contributed by atoms with Crippen molar-refractivity contribution in [2.75, 3.05) is 37.6 Å². The third-order valence-corrected chi connectivity index (χ3v) is 5.28. The summed E-state index contributed by atoms with van der Waals surface area (Å²) in [5, 5.41) is 6.59. The van der Waals surface area contributed by atoms with E-state index < -0.39 is 0 Å². The molecule has 1 atom stereocenters. The predicted octanol–water partition coefficient (Wildman–Crippen LogP) is 3.00. The molecule has 3 nitrogen and oxygen atoms in total. The molecule has 0 bridgehead atoms. The molecule has 132 valence electrons. The van der Waals surface area contributed by atoms with Crippen LogP contribution in [-0.2, 0) is 6.54 Å². The van der Waals surface area contributed by atoms with E-state index in [1.165, 1.54) is 6.07 Å². The first-order valence-electron chi connectivity index (χ1n) is 8.98. The minimum absolute atomic E-state index is 0.113. The zero-order valence-corrected chi connectivity index (χ0v) is 14.2. The van der Waals surface area contributed by atoms with Crippen molar-refractivity contribution in [1.29, 1.82) is 0 Å². The summed E-state index contributed by atoms with van der Waals surface area (Å²) in [6.45, 7) is 4.58. The van der Waals surface area contributed by atoms with Crippen LogP contribution in [0.2, 0.25) is 0 Å². The van der Waals surface area contributed by atoms with Crippen LogP contribution in [0.25, 0.3) is 0 Å². The Bertz CT molecular complexity index is 757. The largest absolute Gasteiger partial charge is 0.367 e. The van der Waals surface area contributed by atoms with E-state index in [4.69, 9.17) is 0 Å². The molecular weight excluding hydrogens is 320 g/mol. The van der Waals surface area contributed by atoms with E-state index >= 15 is 4.39 Å². The molecular formula is C20H23F2N3. The van der Waals surface area contributed by atoms with Gasteiger partial charge in [0.1, 0.15) is 5.82 Å². The molecule has 25 heavy (non-hydrogen) atoms. The van der Waals surface area contributed by atoms with Gasteiger partial charge in [-0.25, -0.2) is 8.78 Å². The number of nitrogens with zero attached hydrogens (tertiary/aromatic N) is 1. The Kier molecular flexibility index (Phi) is 4.68. The van der Waals surface area contributed by atoms with E-state index in [9.17, 15) is 4.39 Å². The summed E-state index contributed by atoms with van der Waals surface area (Å²) in [5.74, 6) is -0.486. The summed E-state index contributed by atoms with van der Waals surface area (Å²) in [6, 6.07) is 10.7. The highest BCUT2D eigenvalue weighted by Crippen LogP contribution is 2.37. The maximum atomic E-state index is 15.3. The molecule has 2 aromatic carbocycles. The molecule has 0 saturated carbocycles. The first-order chi connectivity index (χ1) is 12.3. The zero-order valence-electron chi connectivity index (χ0n) is 14.2.